The van der Waals surface area contributed by atoms with Crippen LogP contribution in [0.3, 0.4) is 0 Å². The van der Waals surface area contributed by atoms with E-state index in [0.717, 1.165) is 6.42 Å². The van der Waals surface area contributed by atoms with Gasteiger partial charge in [0, 0.05) is 12.7 Å². The lowest BCUT2D eigenvalue weighted by Crippen LogP contribution is -2.29. The fraction of sp³-hybridized carbons (Fsp3) is 0.357. The average Bonchev–Trinajstić information content (AvgIpc) is 2.97. The first-order valence-corrected chi connectivity index (χ1v) is 6.66. The standard InChI is InChI=1S/C14H16N6O/c1-10(2)5-6-16-14(21)20-8-13(17-9-20)12-4-3-11(7-15)18-19-12/h3-4,8-10H,5-6H2,1-2H3,(H,16,21). The van der Waals surface area contributed by atoms with Gasteiger partial charge in [-0.25, -0.2) is 9.78 Å². The van der Waals surface area contributed by atoms with E-state index in [1.165, 1.54) is 10.9 Å². The maximum absolute atomic E-state index is 11.9. The third-order valence-corrected chi connectivity index (χ3v) is 2.86. The summed E-state index contributed by atoms with van der Waals surface area (Å²) in [7, 11) is 0. The molecule has 0 aliphatic heterocycles. The lowest BCUT2D eigenvalue weighted by molar-refractivity contribution is 0.242. The Labute approximate surface area is 122 Å². The van der Waals surface area contributed by atoms with Gasteiger partial charge in [0.05, 0.1) is 0 Å². The number of hydrogen-bond acceptors (Lipinski definition) is 5. The number of hydrogen-bond donors (Lipinski definition) is 1. The second-order valence-corrected chi connectivity index (χ2v) is 5.00. The first-order chi connectivity index (χ1) is 10.1. The maximum atomic E-state index is 11.9. The molecule has 0 unspecified atom stereocenters. The summed E-state index contributed by atoms with van der Waals surface area (Å²) in [6.07, 6.45) is 3.94. The van der Waals surface area contributed by atoms with Crippen molar-refractivity contribution < 1.29 is 4.79 Å². The van der Waals surface area contributed by atoms with Crippen molar-refractivity contribution in [2.75, 3.05) is 6.54 Å². The summed E-state index contributed by atoms with van der Waals surface area (Å²) >= 11 is 0. The topological polar surface area (TPSA) is 96.5 Å². The third-order valence-electron chi connectivity index (χ3n) is 2.86. The van der Waals surface area contributed by atoms with Gasteiger partial charge in [0.25, 0.3) is 0 Å². The van der Waals surface area contributed by atoms with E-state index in [0.29, 0.717) is 23.9 Å². The predicted octanol–water partition coefficient (Wildman–Crippen LogP) is 1.82. The Balaban J connectivity index is 2.03. The number of carbonyl (C=O) groups excluding carboxylic acids is 1. The highest BCUT2D eigenvalue weighted by molar-refractivity contribution is 5.77. The molecule has 7 heteroatoms. The van der Waals surface area contributed by atoms with Crippen LogP contribution >= 0.6 is 0 Å². The maximum Gasteiger partial charge on any atom is 0.326 e. The Hall–Kier alpha value is -2.75. The average molecular weight is 284 g/mol. The molecule has 21 heavy (non-hydrogen) atoms. The summed E-state index contributed by atoms with van der Waals surface area (Å²) in [5, 5.41) is 19.1. The molecule has 2 aromatic heterocycles. The summed E-state index contributed by atoms with van der Waals surface area (Å²) in [5.74, 6) is 0.539. The van der Waals surface area contributed by atoms with Crippen molar-refractivity contribution in [3.05, 3.63) is 30.4 Å². The predicted molar refractivity (Wildman–Crippen MR) is 76.2 cm³/mol. The van der Waals surface area contributed by atoms with Crippen molar-refractivity contribution in [3.63, 3.8) is 0 Å². The van der Waals surface area contributed by atoms with Crippen LogP contribution in [0.5, 0.6) is 0 Å². The van der Waals surface area contributed by atoms with E-state index in [1.807, 2.05) is 6.07 Å². The highest BCUT2D eigenvalue weighted by atomic mass is 16.2. The SMILES string of the molecule is CC(C)CCNC(=O)n1cnc(-c2ccc(C#N)nn2)c1. The van der Waals surface area contributed by atoms with Crippen molar-refractivity contribution >= 4 is 6.03 Å². The molecule has 0 fully saturated rings. The van der Waals surface area contributed by atoms with Gasteiger partial charge in [-0.1, -0.05) is 13.8 Å². The molecule has 2 rings (SSSR count). The second-order valence-electron chi connectivity index (χ2n) is 5.00. The molecule has 0 saturated heterocycles. The minimum Gasteiger partial charge on any atom is -0.337 e. The third kappa shape index (κ3) is 3.86. The van der Waals surface area contributed by atoms with E-state index in [-0.39, 0.29) is 11.7 Å². The molecule has 1 amide bonds. The van der Waals surface area contributed by atoms with E-state index < -0.39 is 0 Å². The van der Waals surface area contributed by atoms with Gasteiger partial charge in [-0.3, -0.25) is 4.57 Å². The first-order valence-electron chi connectivity index (χ1n) is 6.66. The van der Waals surface area contributed by atoms with Crippen molar-refractivity contribution in [3.8, 4) is 17.5 Å². The van der Waals surface area contributed by atoms with Crippen LogP contribution in [0, 0.1) is 17.2 Å². The van der Waals surface area contributed by atoms with Crippen molar-refractivity contribution in [2.45, 2.75) is 20.3 Å². The molecule has 108 valence electrons. The Bertz CT molecular complexity index is 653. The van der Waals surface area contributed by atoms with Gasteiger partial charge < -0.3 is 5.32 Å². The van der Waals surface area contributed by atoms with Gasteiger partial charge in [0.1, 0.15) is 23.8 Å². The lowest BCUT2D eigenvalue weighted by Gasteiger charge is -2.06. The van der Waals surface area contributed by atoms with E-state index in [1.54, 1.807) is 18.3 Å². The molecule has 0 aliphatic rings. The molecule has 2 aromatic rings. The van der Waals surface area contributed by atoms with Gasteiger partial charge in [-0.2, -0.15) is 5.26 Å². The smallest absolute Gasteiger partial charge is 0.326 e. The minimum absolute atomic E-state index is 0.226. The highest BCUT2D eigenvalue weighted by Gasteiger charge is 2.09. The van der Waals surface area contributed by atoms with E-state index >= 15 is 0 Å². The summed E-state index contributed by atoms with van der Waals surface area (Å²) in [4.78, 5) is 16.0. The molecule has 0 aliphatic carbocycles. The molecule has 0 aromatic carbocycles. The molecule has 0 radical (unpaired) electrons. The van der Waals surface area contributed by atoms with Gasteiger partial charge in [-0.05, 0) is 24.5 Å². The zero-order valence-electron chi connectivity index (χ0n) is 11.9. The molecule has 0 saturated carbocycles. The Kier molecular flexibility index (Phi) is 4.61. The molecule has 0 atom stereocenters. The number of imidazole rings is 1. The number of nitriles is 1. The summed E-state index contributed by atoms with van der Waals surface area (Å²) in [6, 6.07) is 4.88. The van der Waals surface area contributed by atoms with Crippen LogP contribution in [-0.4, -0.2) is 32.3 Å². The van der Waals surface area contributed by atoms with Crippen LogP contribution in [0.4, 0.5) is 4.79 Å². The van der Waals surface area contributed by atoms with E-state index in [2.05, 4.69) is 34.3 Å². The molecule has 0 spiro atoms. The van der Waals surface area contributed by atoms with Gasteiger partial charge in [0.15, 0.2) is 5.69 Å². The van der Waals surface area contributed by atoms with E-state index in [9.17, 15) is 4.79 Å². The van der Waals surface area contributed by atoms with E-state index in [4.69, 9.17) is 5.26 Å². The largest absolute Gasteiger partial charge is 0.337 e. The van der Waals surface area contributed by atoms with Crippen molar-refractivity contribution in [1.82, 2.24) is 25.1 Å². The zero-order chi connectivity index (χ0) is 15.2. The lowest BCUT2D eigenvalue weighted by atomic mass is 10.1. The Morgan fingerprint density at radius 3 is 2.81 bits per heavy atom. The van der Waals surface area contributed by atoms with Crippen LogP contribution in [0.15, 0.2) is 24.7 Å². The quantitative estimate of drug-likeness (QED) is 0.923. The zero-order valence-corrected chi connectivity index (χ0v) is 11.9. The molecule has 0 bridgehead atoms. The van der Waals surface area contributed by atoms with Crippen LogP contribution < -0.4 is 5.32 Å². The van der Waals surface area contributed by atoms with Crippen molar-refractivity contribution in [1.29, 1.82) is 5.26 Å². The minimum atomic E-state index is -0.226. The number of carbonyl (C=O) groups is 1. The fourth-order valence-corrected chi connectivity index (χ4v) is 1.65. The molecule has 7 nitrogen and oxygen atoms in total. The van der Waals surface area contributed by atoms with Crippen LogP contribution in [0.25, 0.3) is 11.4 Å². The number of aromatic nitrogens is 4. The second kappa shape index (κ2) is 6.61. The monoisotopic (exact) mass is 284 g/mol. The summed E-state index contributed by atoms with van der Waals surface area (Å²) in [5.41, 5.74) is 1.29. The number of nitrogens with zero attached hydrogens (tertiary/aromatic N) is 5. The normalized spacial score (nSPS) is 10.4. The number of amides is 1. The summed E-state index contributed by atoms with van der Waals surface area (Å²) < 4.78 is 1.37. The van der Waals surface area contributed by atoms with Gasteiger partial charge in [-0.15, -0.1) is 10.2 Å². The van der Waals surface area contributed by atoms with Gasteiger partial charge >= 0.3 is 6.03 Å². The first kappa shape index (κ1) is 14.7. The Morgan fingerprint density at radius 1 is 1.38 bits per heavy atom. The highest BCUT2D eigenvalue weighted by Crippen LogP contribution is 2.12. The Morgan fingerprint density at radius 2 is 2.19 bits per heavy atom. The summed E-state index contributed by atoms with van der Waals surface area (Å²) in [6.45, 7) is 4.83. The number of nitrogens with one attached hydrogen (secondary N) is 1. The molecule has 1 N–H and O–H groups in total. The fourth-order valence-electron chi connectivity index (χ4n) is 1.65. The van der Waals surface area contributed by atoms with Crippen LogP contribution in [-0.2, 0) is 0 Å². The van der Waals surface area contributed by atoms with Crippen LogP contribution in [0.1, 0.15) is 26.0 Å². The molecular formula is C14H16N6O. The van der Waals surface area contributed by atoms with Gasteiger partial charge in [0.2, 0.25) is 0 Å². The van der Waals surface area contributed by atoms with Crippen molar-refractivity contribution in [2.24, 2.45) is 5.92 Å². The number of rotatable bonds is 4. The molecular weight excluding hydrogens is 268 g/mol. The molecule has 2 heterocycles. The van der Waals surface area contributed by atoms with Crippen LogP contribution in [0.2, 0.25) is 0 Å².